The molecule has 0 radical (unpaired) electrons. The van der Waals surface area contributed by atoms with Gasteiger partial charge in [-0.15, -0.1) is 0 Å². The molecule has 0 bridgehead atoms. The first-order chi connectivity index (χ1) is 12.1. The van der Waals surface area contributed by atoms with Crippen LogP contribution in [-0.2, 0) is 4.74 Å². The highest BCUT2D eigenvalue weighted by Gasteiger charge is 2.24. The molecule has 0 spiro atoms. The van der Waals surface area contributed by atoms with Crippen molar-refractivity contribution in [1.29, 1.82) is 5.26 Å². The minimum absolute atomic E-state index is 0.174. The van der Waals surface area contributed by atoms with Crippen LogP contribution >= 0.6 is 15.9 Å². The van der Waals surface area contributed by atoms with Gasteiger partial charge in [-0.3, -0.25) is 4.90 Å². The predicted octanol–water partition coefficient (Wildman–Crippen LogP) is 4.40. The van der Waals surface area contributed by atoms with E-state index >= 15 is 0 Å². The summed E-state index contributed by atoms with van der Waals surface area (Å²) in [5, 5.41) is 17.3. The molecule has 0 saturated carbocycles. The smallest absolute Gasteiger partial charge is 0.414 e. The molecular formula is C18H18BrFN4O2. The Balaban J connectivity index is 2.37. The average Bonchev–Trinajstić information content (AvgIpc) is 2.57. The molecule has 1 atom stereocenters. The average molecular weight is 421 g/mol. The fraction of sp³-hybridized carbons (Fsp3) is 0.333. The summed E-state index contributed by atoms with van der Waals surface area (Å²) < 4.78 is 19.9. The van der Waals surface area contributed by atoms with E-state index in [2.05, 4.69) is 26.1 Å². The Morgan fingerprint density at radius 2 is 2.12 bits per heavy atom. The molecule has 8 heteroatoms. The number of rotatable bonds is 3. The lowest BCUT2D eigenvalue weighted by Crippen LogP contribution is -2.34. The molecule has 6 nitrogen and oxygen atoms in total. The van der Waals surface area contributed by atoms with Crippen molar-refractivity contribution < 1.29 is 13.9 Å². The largest absolute Gasteiger partial charge is 0.443 e. The van der Waals surface area contributed by atoms with Gasteiger partial charge in [0, 0.05) is 12.6 Å². The van der Waals surface area contributed by atoms with Crippen molar-refractivity contribution in [3.05, 3.63) is 52.0 Å². The molecule has 0 N–H and O–H groups in total. The first kappa shape index (κ1) is 19.8. The Labute approximate surface area is 159 Å². The van der Waals surface area contributed by atoms with Crippen LogP contribution < -0.4 is 4.90 Å². The maximum Gasteiger partial charge on any atom is 0.414 e. The van der Waals surface area contributed by atoms with Crippen LogP contribution in [0.3, 0.4) is 0 Å². The SMILES string of the molecule is CN(C(=O)OC(C)(C)C)c1cnnc(C(C#N)c2cccc(Br)c2F)c1. The highest BCUT2D eigenvalue weighted by atomic mass is 79.9. The van der Waals surface area contributed by atoms with E-state index in [0.29, 0.717) is 5.69 Å². The summed E-state index contributed by atoms with van der Waals surface area (Å²) in [4.78, 5) is 13.5. The summed E-state index contributed by atoms with van der Waals surface area (Å²) in [6.07, 6.45) is 0.803. The normalized spacial score (nSPS) is 12.2. The van der Waals surface area contributed by atoms with Crippen LogP contribution in [0.2, 0.25) is 0 Å². The molecule has 2 rings (SSSR count). The highest BCUT2D eigenvalue weighted by molar-refractivity contribution is 9.10. The molecule has 1 unspecified atom stereocenters. The minimum Gasteiger partial charge on any atom is -0.443 e. The van der Waals surface area contributed by atoms with E-state index in [0.717, 1.165) is 0 Å². The van der Waals surface area contributed by atoms with Crippen LogP contribution in [0.1, 0.15) is 37.9 Å². The Morgan fingerprint density at radius 1 is 1.42 bits per heavy atom. The molecule has 0 saturated heterocycles. The zero-order valence-electron chi connectivity index (χ0n) is 14.8. The van der Waals surface area contributed by atoms with Crippen LogP contribution in [0.25, 0.3) is 0 Å². The molecule has 0 aliphatic rings. The highest BCUT2D eigenvalue weighted by Crippen LogP contribution is 2.30. The lowest BCUT2D eigenvalue weighted by Gasteiger charge is -2.24. The van der Waals surface area contributed by atoms with Gasteiger partial charge in [-0.25, -0.2) is 9.18 Å². The second-order valence-electron chi connectivity index (χ2n) is 6.58. The van der Waals surface area contributed by atoms with Crippen molar-refractivity contribution in [3.63, 3.8) is 0 Å². The zero-order chi connectivity index (χ0) is 19.5. The monoisotopic (exact) mass is 420 g/mol. The predicted molar refractivity (Wildman–Crippen MR) is 98.2 cm³/mol. The Bertz CT molecular complexity index is 861. The van der Waals surface area contributed by atoms with Crippen LogP contribution in [0.15, 0.2) is 34.9 Å². The summed E-state index contributed by atoms with van der Waals surface area (Å²) in [5.74, 6) is -1.50. The topological polar surface area (TPSA) is 79.1 Å². The first-order valence-corrected chi connectivity index (χ1v) is 8.56. The lowest BCUT2D eigenvalue weighted by molar-refractivity contribution is 0.0589. The van der Waals surface area contributed by atoms with E-state index in [1.54, 1.807) is 32.9 Å². The quantitative estimate of drug-likeness (QED) is 0.734. The number of ether oxygens (including phenoxy) is 1. The molecule has 136 valence electrons. The number of amides is 1. The number of carbonyl (C=O) groups excluding carboxylic acids is 1. The Kier molecular flexibility index (Phi) is 5.93. The van der Waals surface area contributed by atoms with E-state index in [1.165, 1.54) is 30.3 Å². The molecule has 0 aliphatic heterocycles. The molecule has 0 fully saturated rings. The number of nitrogens with zero attached hydrogens (tertiary/aromatic N) is 4. The van der Waals surface area contributed by atoms with Gasteiger partial charge in [0.1, 0.15) is 17.3 Å². The van der Waals surface area contributed by atoms with Gasteiger partial charge >= 0.3 is 6.09 Å². The summed E-state index contributed by atoms with van der Waals surface area (Å²) in [6, 6.07) is 8.25. The second kappa shape index (κ2) is 7.79. The second-order valence-corrected chi connectivity index (χ2v) is 7.44. The number of hydrogen-bond donors (Lipinski definition) is 0. The van der Waals surface area contributed by atoms with Gasteiger partial charge in [0.2, 0.25) is 0 Å². The van der Waals surface area contributed by atoms with Crippen molar-refractivity contribution in [3.8, 4) is 6.07 Å². The fourth-order valence-electron chi connectivity index (χ4n) is 2.17. The number of anilines is 1. The molecule has 1 heterocycles. The summed E-state index contributed by atoms with van der Waals surface area (Å²) in [7, 11) is 1.52. The summed E-state index contributed by atoms with van der Waals surface area (Å²) in [5.41, 5.74) is 0.147. The van der Waals surface area contributed by atoms with Crippen LogP contribution in [0.5, 0.6) is 0 Å². The Hall–Kier alpha value is -2.53. The third-order valence-corrected chi connectivity index (χ3v) is 4.04. The molecular weight excluding hydrogens is 403 g/mol. The van der Waals surface area contributed by atoms with Crippen LogP contribution in [0, 0.1) is 17.1 Å². The van der Waals surface area contributed by atoms with E-state index in [1.807, 2.05) is 6.07 Å². The van der Waals surface area contributed by atoms with Gasteiger partial charge in [0.25, 0.3) is 0 Å². The van der Waals surface area contributed by atoms with Crippen molar-refractivity contribution in [2.75, 3.05) is 11.9 Å². The van der Waals surface area contributed by atoms with E-state index in [4.69, 9.17) is 4.74 Å². The molecule has 1 aromatic heterocycles. The van der Waals surface area contributed by atoms with Gasteiger partial charge in [-0.05, 0) is 48.8 Å². The van der Waals surface area contributed by atoms with Crippen LogP contribution in [-0.4, -0.2) is 28.9 Å². The zero-order valence-corrected chi connectivity index (χ0v) is 16.4. The van der Waals surface area contributed by atoms with Crippen LogP contribution in [0.4, 0.5) is 14.9 Å². The number of nitriles is 1. The molecule has 0 aliphatic carbocycles. The van der Waals surface area contributed by atoms with E-state index < -0.39 is 23.4 Å². The van der Waals surface area contributed by atoms with E-state index in [-0.39, 0.29) is 15.7 Å². The number of hydrogen-bond acceptors (Lipinski definition) is 5. The first-order valence-electron chi connectivity index (χ1n) is 7.77. The van der Waals surface area contributed by atoms with Crippen molar-refractivity contribution in [2.45, 2.75) is 32.3 Å². The van der Waals surface area contributed by atoms with Crippen molar-refractivity contribution >= 4 is 27.7 Å². The van der Waals surface area contributed by atoms with Gasteiger partial charge in [0.15, 0.2) is 0 Å². The molecule has 1 amide bonds. The third kappa shape index (κ3) is 4.55. The summed E-state index contributed by atoms with van der Waals surface area (Å²) >= 11 is 3.11. The lowest BCUT2D eigenvalue weighted by atomic mass is 9.96. The third-order valence-electron chi connectivity index (χ3n) is 3.43. The van der Waals surface area contributed by atoms with Crippen molar-refractivity contribution in [2.24, 2.45) is 0 Å². The fourth-order valence-corrected chi connectivity index (χ4v) is 2.55. The maximum atomic E-state index is 14.4. The molecule has 26 heavy (non-hydrogen) atoms. The van der Waals surface area contributed by atoms with Gasteiger partial charge in [-0.2, -0.15) is 15.5 Å². The number of carbonyl (C=O) groups is 1. The number of halogens is 2. The summed E-state index contributed by atoms with van der Waals surface area (Å²) in [6.45, 7) is 5.28. The number of benzene rings is 1. The maximum absolute atomic E-state index is 14.4. The molecule has 1 aromatic carbocycles. The van der Waals surface area contributed by atoms with Gasteiger partial charge in [-0.1, -0.05) is 12.1 Å². The Morgan fingerprint density at radius 3 is 2.73 bits per heavy atom. The van der Waals surface area contributed by atoms with Gasteiger partial charge in [0.05, 0.1) is 28.1 Å². The standard InChI is InChI=1S/C18H18BrFN4O2/c1-18(2,3)26-17(25)24(4)11-8-15(23-22-10-11)13(9-21)12-6-5-7-14(19)16(12)20/h5-8,10,13H,1-4H3. The number of aromatic nitrogens is 2. The van der Waals surface area contributed by atoms with Gasteiger partial charge < -0.3 is 4.74 Å². The minimum atomic E-state index is -0.966. The molecule has 2 aromatic rings. The van der Waals surface area contributed by atoms with E-state index in [9.17, 15) is 14.4 Å². The van der Waals surface area contributed by atoms with Crippen molar-refractivity contribution in [1.82, 2.24) is 10.2 Å².